The lowest BCUT2D eigenvalue weighted by molar-refractivity contribution is 0.127. The van der Waals surface area contributed by atoms with Gasteiger partial charge >= 0.3 is 6.03 Å². The zero-order valence-electron chi connectivity index (χ0n) is 16.8. The third-order valence-electron chi connectivity index (χ3n) is 5.26. The summed E-state index contributed by atoms with van der Waals surface area (Å²) >= 11 is 1.68. The highest BCUT2D eigenvalue weighted by molar-refractivity contribution is 7.09. The van der Waals surface area contributed by atoms with Crippen LogP contribution in [0.15, 0.2) is 35.7 Å². The van der Waals surface area contributed by atoms with Crippen LogP contribution in [0.3, 0.4) is 0 Å². The Hall–Kier alpha value is -2.25. The van der Waals surface area contributed by atoms with E-state index in [0.717, 1.165) is 32.5 Å². The predicted octanol–water partition coefficient (Wildman–Crippen LogP) is 4.28. The number of amides is 2. The van der Waals surface area contributed by atoms with Crippen LogP contribution in [0.1, 0.15) is 24.6 Å². The zero-order valence-corrected chi connectivity index (χ0v) is 17.6. The molecule has 0 aliphatic carbocycles. The summed E-state index contributed by atoms with van der Waals surface area (Å²) in [6.45, 7) is 5.93. The van der Waals surface area contributed by atoms with Crippen LogP contribution in [0.25, 0.3) is 0 Å². The van der Waals surface area contributed by atoms with Crippen molar-refractivity contribution in [1.82, 2.24) is 9.80 Å². The number of piperidine rings is 1. The second-order valence-electron chi connectivity index (χ2n) is 6.87. The van der Waals surface area contributed by atoms with Crippen LogP contribution in [-0.4, -0.2) is 55.7 Å². The molecule has 1 aromatic carbocycles. The predicted molar refractivity (Wildman–Crippen MR) is 114 cm³/mol. The number of ether oxygens (including phenoxy) is 2. The minimum atomic E-state index is -0.0909. The minimum Gasteiger partial charge on any atom is -0.497 e. The maximum Gasteiger partial charge on any atom is 0.322 e. The van der Waals surface area contributed by atoms with Crippen LogP contribution in [0.2, 0.25) is 0 Å². The fraction of sp³-hybridized carbons (Fsp3) is 0.476. The Morgan fingerprint density at radius 1 is 1.25 bits per heavy atom. The van der Waals surface area contributed by atoms with E-state index in [-0.39, 0.29) is 12.1 Å². The van der Waals surface area contributed by atoms with E-state index in [1.165, 1.54) is 4.88 Å². The quantitative estimate of drug-likeness (QED) is 0.750. The molecule has 0 atom stereocenters. The number of nitrogens with zero attached hydrogens (tertiary/aromatic N) is 2. The Morgan fingerprint density at radius 3 is 2.64 bits per heavy atom. The van der Waals surface area contributed by atoms with Gasteiger partial charge < -0.3 is 24.6 Å². The molecule has 152 valence electrons. The maximum absolute atomic E-state index is 13.2. The fourth-order valence-corrected chi connectivity index (χ4v) is 4.28. The molecule has 0 spiro atoms. The van der Waals surface area contributed by atoms with Gasteiger partial charge in [0.05, 0.1) is 26.5 Å². The summed E-state index contributed by atoms with van der Waals surface area (Å²) in [6, 6.07) is 9.67. The third kappa shape index (κ3) is 4.97. The van der Waals surface area contributed by atoms with E-state index in [9.17, 15) is 4.79 Å². The number of likely N-dealkylation sites (tertiary alicyclic amines) is 1. The Bertz CT molecular complexity index is 758. The molecule has 7 heteroatoms. The number of benzene rings is 1. The fourth-order valence-electron chi connectivity index (χ4n) is 3.57. The van der Waals surface area contributed by atoms with E-state index < -0.39 is 0 Å². The van der Waals surface area contributed by atoms with E-state index in [0.29, 0.717) is 23.7 Å². The van der Waals surface area contributed by atoms with Crippen LogP contribution < -0.4 is 14.8 Å². The average molecular weight is 404 g/mol. The average Bonchev–Trinajstić information content (AvgIpc) is 3.25. The summed E-state index contributed by atoms with van der Waals surface area (Å²) in [7, 11) is 3.20. The highest BCUT2D eigenvalue weighted by atomic mass is 32.1. The van der Waals surface area contributed by atoms with Gasteiger partial charge in [0.25, 0.3) is 0 Å². The van der Waals surface area contributed by atoms with Gasteiger partial charge in [0.1, 0.15) is 11.5 Å². The molecule has 1 aromatic heterocycles. The van der Waals surface area contributed by atoms with Crippen molar-refractivity contribution in [3.8, 4) is 11.5 Å². The topological polar surface area (TPSA) is 54.0 Å². The van der Waals surface area contributed by atoms with E-state index >= 15 is 0 Å². The van der Waals surface area contributed by atoms with E-state index in [4.69, 9.17) is 9.47 Å². The van der Waals surface area contributed by atoms with Crippen LogP contribution >= 0.6 is 11.3 Å². The number of nitrogens with one attached hydrogen (secondary N) is 1. The number of hydrogen-bond donors (Lipinski definition) is 1. The standard InChI is InChI=1S/C21H29N3O3S/c1-4-23-11-9-16(10-12-23)24(15-18-6-5-13-28-18)21(25)22-19-8-7-17(26-2)14-20(19)27-3/h5-8,13-14,16H,4,9-12,15H2,1-3H3,(H,22,25). The SMILES string of the molecule is CCN1CCC(N(Cc2cccs2)C(=O)Nc2ccc(OC)cc2OC)CC1. The molecule has 1 N–H and O–H groups in total. The van der Waals surface area contributed by atoms with Crippen molar-refractivity contribution in [1.29, 1.82) is 0 Å². The smallest absolute Gasteiger partial charge is 0.322 e. The minimum absolute atomic E-state index is 0.0909. The molecule has 0 unspecified atom stereocenters. The normalized spacial score (nSPS) is 15.2. The van der Waals surface area contributed by atoms with Crippen molar-refractivity contribution in [2.24, 2.45) is 0 Å². The number of methoxy groups -OCH3 is 2. The van der Waals surface area contributed by atoms with Gasteiger partial charge in [-0.1, -0.05) is 13.0 Å². The van der Waals surface area contributed by atoms with Gasteiger partial charge in [0, 0.05) is 30.1 Å². The molecule has 0 saturated carbocycles. The number of hydrogen-bond acceptors (Lipinski definition) is 5. The first-order valence-electron chi connectivity index (χ1n) is 9.69. The molecule has 0 bridgehead atoms. The van der Waals surface area contributed by atoms with Gasteiger partial charge in [-0.3, -0.25) is 0 Å². The molecule has 6 nitrogen and oxygen atoms in total. The summed E-state index contributed by atoms with van der Waals surface area (Å²) in [5, 5.41) is 5.10. The summed E-state index contributed by atoms with van der Waals surface area (Å²) in [5.41, 5.74) is 0.649. The van der Waals surface area contributed by atoms with Crippen molar-refractivity contribution in [2.45, 2.75) is 32.4 Å². The van der Waals surface area contributed by atoms with Gasteiger partial charge in [-0.2, -0.15) is 0 Å². The van der Waals surface area contributed by atoms with Crippen molar-refractivity contribution in [2.75, 3.05) is 39.2 Å². The highest BCUT2D eigenvalue weighted by Gasteiger charge is 2.28. The largest absolute Gasteiger partial charge is 0.497 e. The molecule has 1 aliphatic heterocycles. The number of anilines is 1. The Morgan fingerprint density at radius 2 is 2.04 bits per heavy atom. The maximum atomic E-state index is 13.2. The molecule has 1 aliphatic rings. The molecule has 2 aromatic rings. The zero-order chi connectivity index (χ0) is 19.9. The summed E-state index contributed by atoms with van der Waals surface area (Å²) in [6.07, 6.45) is 1.98. The molecular weight excluding hydrogens is 374 g/mol. The van der Waals surface area contributed by atoms with Crippen LogP contribution in [0.5, 0.6) is 11.5 Å². The Balaban J connectivity index is 1.76. The number of carbonyl (C=O) groups excluding carboxylic acids is 1. The molecule has 28 heavy (non-hydrogen) atoms. The summed E-state index contributed by atoms with van der Waals surface area (Å²) < 4.78 is 10.7. The number of carbonyl (C=O) groups is 1. The van der Waals surface area contributed by atoms with E-state index in [1.807, 2.05) is 23.1 Å². The van der Waals surface area contributed by atoms with Gasteiger partial charge in [-0.15, -0.1) is 11.3 Å². The molecular formula is C21H29N3O3S. The van der Waals surface area contributed by atoms with Crippen molar-refractivity contribution < 1.29 is 14.3 Å². The molecule has 0 radical (unpaired) electrons. The number of thiophene rings is 1. The lowest BCUT2D eigenvalue weighted by atomic mass is 10.0. The molecule has 2 heterocycles. The summed E-state index contributed by atoms with van der Waals surface area (Å²) in [4.78, 5) is 18.8. The third-order valence-corrected chi connectivity index (χ3v) is 6.12. The van der Waals surface area contributed by atoms with Gasteiger partial charge in [-0.05, 0) is 43.0 Å². The van der Waals surface area contributed by atoms with Crippen LogP contribution in [0, 0.1) is 0 Å². The second kappa shape index (κ2) is 9.80. The van der Waals surface area contributed by atoms with Crippen molar-refractivity contribution >= 4 is 23.1 Å². The van der Waals surface area contributed by atoms with E-state index in [1.54, 1.807) is 31.6 Å². The first-order valence-corrected chi connectivity index (χ1v) is 10.6. The van der Waals surface area contributed by atoms with Gasteiger partial charge in [0.15, 0.2) is 0 Å². The highest BCUT2D eigenvalue weighted by Crippen LogP contribution is 2.30. The van der Waals surface area contributed by atoms with Crippen LogP contribution in [0.4, 0.5) is 10.5 Å². The molecule has 2 amide bonds. The van der Waals surface area contributed by atoms with Crippen molar-refractivity contribution in [3.63, 3.8) is 0 Å². The molecule has 1 saturated heterocycles. The second-order valence-corrected chi connectivity index (χ2v) is 7.90. The lowest BCUT2D eigenvalue weighted by Gasteiger charge is -2.38. The van der Waals surface area contributed by atoms with E-state index in [2.05, 4.69) is 28.6 Å². The number of rotatable bonds is 7. The molecule has 3 rings (SSSR count). The van der Waals surface area contributed by atoms with Gasteiger partial charge in [0.2, 0.25) is 0 Å². The first kappa shape index (κ1) is 20.5. The Kier molecular flexibility index (Phi) is 7.17. The lowest BCUT2D eigenvalue weighted by Crippen LogP contribution is -2.48. The summed E-state index contributed by atoms with van der Waals surface area (Å²) in [5.74, 6) is 1.28. The Labute approximate surface area is 171 Å². The van der Waals surface area contributed by atoms with Crippen LogP contribution in [-0.2, 0) is 6.54 Å². The molecule has 1 fully saturated rings. The monoisotopic (exact) mass is 403 g/mol. The van der Waals surface area contributed by atoms with Crippen molar-refractivity contribution in [3.05, 3.63) is 40.6 Å². The van der Waals surface area contributed by atoms with Gasteiger partial charge in [-0.25, -0.2) is 4.79 Å². The first-order chi connectivity index (χ1) is 13.6. The number of urea groups is 1.